The van der Waals surface area contributed by atoms with Crippen LogP contribution in [0.25, 0.3) is 5.69 Å². The first-order chi connectivity index (χ1) is 11.6. The number of benzene rings is 1. The van der Waals surface area contributed by atoms with Gasteiger partial charge in [-0.2, -0.15) is 5.10 Å². The summed E-state index contributed by atoms with van der Waals surface area (Å²) < 4.78 is 1.70. The zero-order valence-electron chi connectivity index (χ0n) is 14.0. The van der Waals surface area contributed by atoms with Gasteiger partial charge in [0.25, 0.3) is 5.91 Å². The third-order valence-corrected chi connectivity index (χ3v) is 4.41. The van der Waals surface area contributed by atoms with Crippen molar-refractivity contribution in [1.29, 1.82) is 0 Å². The SMILES string of the molecule is Cc1cn(-c2ccccc2)nc1C(=O)N(C)C1CCCCNC1=O. The van der Waals surface area contributed by atoms with Crippen LogP contribution in [0, 0.1) is 6.92 Å². The number of aryl methyl sites for hydroxylation is 1. The zero-order chi connectivity index (χ0) is 17.1. The number of nitrogens with zero attached hydrogens (tertiary/aromatic N) is 3. The highest BCUT2D eigenvalue weighted by Crippen LogP contribution is 2.17. The Balaban J connectivity index is 1.84. The molecule has 2 amide bonds. The molecule has 1 atom stereocenters. The van der Waals surface area contributed by atoms with Crippen LogP contribution in [0.15, 0.2) is 36.5 Å². The molecule has 0 bridgehead atoms. The third kappa shape index (κ3) is 3.18. The van der Waals surface area contributed by atoms with E-state index < -0.39 is 6.04 Å². The predicted molar refractivity (Wildman–Crippen MR) is 91.0 cm³/mol. The maximum absolute atomic E-state index is 12.8. The average Bonchev–Trinajstić information content (AvgIpc) is 2.85. The number of likely N-dealkylation sites (N-methyl/N-ethyl adjacent to an activating group) is 1. The largest absolute Gasteiger partial charge is 0.354 e. The van der Waals surface area contributed by atoms with Gasteiger partial charge in [0.1, 0.15) is 6.04 Å². The number of rotatable bonds is 3. The third-order valence-electron chi connectivity index (χ3n) is 4.41. The number of amides is 2. The highest BCUT2D eigenvalue weighted by atomic mass is 16.2. The van der Waals surface area contributed by atoms with Crippen LogP contribution in [0.3, 0.4) is 0 Å². The van der Waals surface area contributed by atoms with Gasteiger partial charge in [0.05, 0.1) is 5.69 Å². The molecule has 0 spiro atoms. The van der Waals surface area contributed by atoms with Crippen LogP contribution in [0.4, 0.5) is 0 Å². The normalized spacial score (nSPS) is 17.9. The number of aromatic nitrogens is 2. The average molecular weight is 326 g/mol. The molecule has 1 aliphatic heterocycles. The van der Waals surface area contributed by atoms with Crippen molar-refractivity contribution in [2.75, 3.05) is 13.6 Å². The highest BCUT2D eigenvalue weighted by Gasteiger charge is 2.30. The van der Waals surface area contributed by atoms with E-state index in [-0.39, 0.29) is 11.8 Å². The van der Waals surface area contributed by atoms with E-state index in [0.717, 1.165) is 24.1 Å². The second-order valence-corrected chi connectivity index (χ2v) is 6.16. The molecule has 1 aliphatic rings. The van der Waals surface area contributed by atoms with Crippen molar-refractivity contribution in [3.63, 3.8) is 0 Å². The van der Waals surface area contributed by atoms with Gasteiger partial charge in [-0.05, 0) is 38.3 Å². The molecule has 1 aromatic heterocycles. The lowest BCUT2D eigenvalue weighted by Gasteiger charge is -2.25. The minimum absolute atomic E-state index is 0.0801. The topological polar surface area (TPSA) is 67.2 Å². The van der Waals surface area contributed by atoms with E-state index in [1.165, 1.54) is 4.90 Å². The van der Waals surface area contributed by atoms with E-state index in [1.807, 2.05) is 43.5 Å². The molecule has 1 unspecified atom stereocenters. The van der Waals surface area contributed by atoms with Gasteiger partial charge in [0.2, 0.25) is 5.91 Å². The van der Waals surface area contributed by atoms with Crippen LogP contribution in [0.5, 0.6) is 0 Å². The van der Waals surface area contributed by atoms with Crippen LogP contribution < -0.4 is 5.32 Å². The summed E-state index contributed by atoms with van der Waals surface area (Å²) in [6.07, 6.45) is 4.40. The molecule has 2 aromatic rings. The van der Waals surface area contributed by atoms with Crippen molar-refractivity contribution >= 4 is 11.8 Å². The highest BCUT2D eigenvalue weighted by molar-refractivity contribution is 5.97. The lowest BCUT2D eigenvalue weighted by atomic mass is 10.1. The van der Waals surface area contributed by atoms with E-state index in [4.69, 9.17) is 0 Å². The first-order valence-corrected chi connectivity index (χ1v) is 8.24. The van der Waals surface area contributed by atoms with Gasteiger partial charge < -0.3 is 10.2 Å². The molecule has 24 heavy (non-hydrogen) atoms. The van der Waals surface area contributed by atoms with Crippen LogP contribution in [0.1, 0.15) is 35.3 Å². The molecule has 126 valence electrons. The zero-order valence-corrected chi connectivity index (χ0v) is 14.0. The summed E-state index contributed by atoms with van der Waals surface area (Å²) in [4.78, 5) is 26.5. The number of nitrogens with one attached hydrogen (secondary N) is 1. The Morgan fingerprint density at radius 3 is 2.79 bits per heavy atom. The summed E-state index contributed by atoms with van der Waals surface area (Å²) in [5.41, 5.74) is 2.08. The molecule has 0 radical (unpaired) electrons. The summed E-state index contributed by atoms with van der Waals surface area (Å²) in [5, 5.41) is 7.31. The molecule has 2 heterocycles. The van der Waals surface area contributed by atoms with E-state index in [1.54, 1.807) is 11.7 Å². The molecular formula is C18H22N4O2. The Labute approximate surface area is 141 Å². The smallest absolute Gasteiger partial charge is 0.275 e. The summed E-state index contributed by atoms with van der Waals surface area (Å²) >= 11 is 0. The molecule has 0 aliphatic carbocycles. The Morgan fingerprint density at radius 1 is 1.29 bits per heavy atom. The molecule has 0 saturated carbocycles. The minimum Gasteiger partial charge on any atom is -0.354 e. The second kappa shape index (κ2) is 6.86. The number of hydrogen-bond donors (Lipinski definition) is 1. The van der Waals surface area contributed by atoms with Gasteiger partial charge in [0, 0.05) is 25.4 Å². The molecule has 1 aromatic carbocycles. The quantitative estimate of drug-likeness (QED) is 0.937. The van der Waals surface area contributed by atoms with Crippen LogP contribution >= 0.6 is 0 Å². The summed E-state index contributed by atoms with van der Waals surface area (Å²) in [5.74, 6) is -0.298. The second-order valence-electron chi connectivity index (χ2n) is 6.16. The maximum atomic E-state index is 12.8. The van der Waals surface area contributed by atoms with Gasteiger partial charge in [-0.1, -0.05) is 18.2 Å². The molecule has 1 saturated heterocycles. The standard InChI is InChI=1S/C18H22N4O2/c1-13-12-22(14-8-4-3-5-9-14)20-16(13)18(24)21(2)15-10-6-7-11-19-17(15)23/h3-5,8-9,12,15H,6-7,10-11H2,1-2H3,(H,19,23). The Kier molecular flexibility index (Phi) is 4.64. The van der Waals surface area contributed by atoms with Crippen molar-refractivity contribution in [2.24, 2.45) is 0 Å². The van der Waals surface area contributed by atoms with Crippen LogP contribution in [-0.4, -0.2) is 46.1 Å². The predicted octanol–water partition coefficient (Wildman–Crippen LogP) is 1.92. The Morgan fingerprint density at radius 2 is 2.04 bits per heavy atom. The lowest BCUT2D eigenvalue weighted by molar-refractivity contribution is -0.125. The van der Waals surface area contributed by atoms with E-state index in [9.17, 15) is 9.59 Å². The fourth-order valence-electron chi connectivity index (χ4n) is 2.99. The molecule has 1 fully saturated rings. The first-order valence-electron chi connectivity index (χ1n) is 8.24. The van der Waals surface area contributed by atoms with Gasteiger partial charge in [-0.25, -0.2) is 4.68 Å². The summed E-state index contributed by atoms with van der Waals surface area (Å²) in [6.45, 7) is 2.54. The fourth-order valence-corrected chi connectivity index (χ4v) is 2.99. The maximum Gasteiger partial charge on any atom is 0.275 e. The minimum atomic E-state index is -0.429. The number of carbonyl (C=O) groups is 2. The molecular weight excluding hydrogens is 304 g/mol. The van der Waals surface area contributed by atoms with Crippen LogP contribution in [0.2, 0.25) is 0 Å². The lowest BCUT2D eigenvalue weighted by Crippen LogP contribution is -2.46. The van der Waals surface area contributed by atoms with E-state index in [2.05, 4.69) is 10.4 Å². The van der Waals surface area contributed by atoms with Crippen molar-refractivity contribution in [3.8, 4) is 5.69 Å². The monoisotopic (exact) mass is 326 g/mol. The van der Waals surface area contributed by atoms with Gasteiger partial charge >= 0.3 is 0 Å². The van der Waals surface area contributed by atoms with Gasteiger partial charge in [-0.15, -0.1) is 0 Å². The Hall–Kier alpha value is -2.63. The fraction of sp³-hybridized carbons (Fsp3) is 0.389. The van der Waals surface area contributed by atoms with Crippen molar-refractivity contribution in [2.45, 2.75) is 32.2 Å². The number of para-hydroxylation sites is 1. The summed E-state index contributed by atoms with van der Waals surface area (Å²) in [6, 6.07) is 9.23. The first kappa shape index (κ1) is 16.2. The van der Waals surface area contributed by atoms with Gasteiger partial charge in [-0.3, -0.25) is 9.59 Å². The van der Waals surface area contributed by atoms with Crippen molar-refractivity contribution in [3.05, 3.63) is 47.8 Å². The molecule has 3 rings (SSSR count). The van der Waals surface area contributed by atoms with Crippen LogP contribution in [-0.2, 0) is 4.79 Å². The number of hydrogen-bond acceptors (Lipinski definition) is 3. The summed E-state index contributed by atoms with van der Waals surface area (Å²) in [7, 11) is 1.68. The van der Waals surface area contributed by atoms with Crippen molar-refractivity contribution < 1.29 is 9.59 Å². The molecule has 6 nitrogen and oxygen atoms in total. The van der Waals surface area contributed by atoms with E-state index >= 15 is 0 Å². The molecule has 6 heteroatoms. The Bertz CT molecular complexity index is 739. The molecule has 1 N–H and O–H groups in total. The van der Waals surface area contributed by atoms with Gasteiger partial charge in [0.15, 0.2) is 5.69 Å². The van der Waals surface area contributed by atoms with Crippen molar-refractivity contribution in [1.82, 2.24) is 20.0 Å². The van der Waals surface area contributed by atoms with E-state index in [0.29, 0.717) is 18.7 Å². The number of carbonyl (C=O) groups excluding carboxylic acids is 2.